The van der Waals surface area contributed by atoms with Gasteiger partial charge >= 0.3 is 29.6 Å². The molecule has 0 aliphatic heterocycles. The Morgan fingerprint density at radius 2 is 1.04 bits per heavy atom. The molecular weight excluding hydrogens is 323 g/mol. The van der Waals surface area contributed by atoms with Crippen LogP contribution in [0.1, 0.15) is 117 Å². The zero-order valence-electron chi connectivity index (χ0n) is 17.3. The Hall–Kier alpha value is 0.430. The van der Waals surface area contributed by atoms with Gasteiger partial charge < -0.3 is 9.84 Å². The van der Waals surface area contributed by atoms with Gasteiger partial charge in [0.1, 0.15) is 0 Å². The SMILES string of the molecule is CCCCCCCCCCCCCCCCCCOC(=O)C(C)[O-].[Na+]. The quantitative estimate of drug-likeness (QED) is 0.213. The van der Waals surface area contributed by atoms with E-state index in [4.69, 9.17) is 4.74 Å². The van der Waals surface area contributed by atoms with Crippen molar-refractivity contribution in [2.24, 2.45) is 0 Å². The number of esters is 1. The largest absolute Gasteiger partial charge is 1.00 e. The van der Waals surface area contributed by atoms with Crippen LogP contribution in [-0.4, -0.2) is 18.7 Å². The van der Waals surface area contributed by atoms with Gasteiger partial charge in [-0.3, -0.25) is 4.79 Å². The van der Waals surface area contributed by atoms with Crippen LogP contribution in [0.25, 0.3) is 0 Å². The van der Waals surface area contributed by atoms with Crippen LogP contribution >= 0.6 is 0 Å². The maximum Gasteiger partial charge on any atom is 1.00 e. The summed E-state index contributed by atoms with van der Waals surface area (Å²) in [5, 5.41) is 10.8. The monoisotopic (exact) mass is 364 g/mol. The third kappa shape index (κ3) is 22.4. The molecule has 144 valence electrons. The molecule has 0 bridgehead atoms. The van der Waals surface area contributed by atoms with E-state index in [0.29, 0.717) is 6.61 Å². The second-order valence-corrected chi connectivity index (χ2v) is 7.11. The molecule has 0 aromatic heterocycles. The summed E-state index contributed by atoms with van der Waals surface area (Å²) in [5.74, 6) is -0.615. The average Bonchev–Trinajstić information content (AvgIpc) is 2.57. The summed E-state index contributed by atoms with van der Waals surface area (Å²) in [4.78, 5) is 11.0. The fourth-order valence-corrected chi connectivity index (χ4v) is 2.94. The van der Waals surface area contributed by atoms with Gasteiger partial charge in [0.2, 0.25) is 0 Å². The average molecular weight is 365 g/mol. The Kier molecular flexibility index (Phi) is 24.9. The van der Waals surface area contributed by atoms with E-state index in [1.807, 2.05) is 0 Å². The van der Waals surface area contributed by atoms with Crippen LogP contribution in [0.3, 0.4) is 0 Å². The zero-order valence-corrected chi connectivity index (χ0v) is 19.3. The van der Waals surface area contributed by atoms with Gasteiger partial charge in [-0.1, -0.05) is 110 Å². The maximum atomic E-state index is 11.0. The molecule has 0 amide bonds. The van der Waals surface area contributed by atoms with Gasteiger partial charge in [-0.15, -0.1) is 0 Å². The number of rotatable bonds is 18. The van der Waals surface area contributed by atoms with Gasteiger partial charge in [0.25, 0.3) is 5.97 Å². The van der Waals surface area contributed by atoms with Crippen molar-refractivity contribution in [3.05, 3.63) is 0 Å². The van der Waals surface area contributed by atoms with E-state index in [1.54, 1.807) is 0 Å². The molecule has 0 saturated heterocycles. The molecule has 0 aliphatic rings. The molecule has 3 nitrogen and oxygen atoms in total. The smallest absolute Gasteiger partial charge is 0.844 e. The minimum absolute atomic E-state index is 0. The molecule has 1 atom stereocenters. The number of carbonyl (C=O) groups excluding carboxylic acids is 1. The fraction of sp³-hybridized carbons (Fsp3) is 0.952. The third-order valence-electron chi connectivity index (χ3n) is 4.57. The Morgan fingerprint density at radius 1 is 0.720 bits per heavy atom. The van der Waals surface area contributed by atoms with Crippen molar-refractivity contribution >= 4 is 5.97 Å². The topological polar surface area (TPSA) is 49.4 Å². The van der Waals surface area contributed by atoms with E-state index in [1.165, 1.54) is 96.8 Å². The van der Waals surface area contributed by atoms with Crippen molar-refractivity contribution in [2.45, 2.75) is 123 Å². The second kappa shape index (κ2) is 22.5. The zero-order chi connectivity index (χ0) is 17.9. The molecule has 0 spiro atoms. The second-order valence-electron chi connectivity index (χ2n) is 7.11. The van der Waals surface area contributed by atoms with Gasteiger partial charge in [0.15, 0.2) is 0 Å². The first-order chi connectivity index (χ1) is 11.7. The molecule has 0 fully saturated rings. The number of carbonyl (C=O) groups is 1. The number of ether oxygens (including phenoxy) is 1. The molecule has 0 heterocycles. The molecule has 4 heteroatoms. The van der Waals surface area contributed by atoms with E-state index >= 15 is 0 Å². The van der Waals surface area contributed by atoms with Crippen molar-refractivity contribution < 1.29 is 44.2 Å². The first kappa shape index (κ1) is 27.6. The van der Waals surface area contributed by atoms with E-state index in [0.717, 1.165) is 12.8 Å². The molecule has 0 saturated carbocycles. The molecule has 1 unspecified atom stereocenters. The van der Waals surface area contributed by atoms with E-state index in [-0.39, 0.29) is 29.6 Å². The first-order valence-electron chi connectivity index (χ1n) is 10.5. The van der Waals surface area contributed by atoms with Crippen molar-refractivity contribution in [1.29, 1.82) is 0 Å². The van der Waals surface area contributed by atoms with Gasteiger partial charge in [-0.05, 0) is 12.5 Å². The van der Waals surface area contributed by atoms with Crippen molar-refractivity contribution in [2.75, 3.05) is 6.61 Å². The Balaban J connectivity index is 0. The van der Waals surface area contributed by atoms with Gasteiger partial charge in [0.05, 0.1) is 6.61 Å². The minimum Gasteiger partial charge on any atom is -0.844 e. The Bertz CT molecular complexity index is 270. The standard InChI is InChI=1S/C21H41O3.Na/c1-3-4-5-6-7-8-9-10-11-12-13-14-15-16-17-18-19-24-21(23)20(2)22;/h20H,3-19H2,1-2H3;/q-1;+1. The molecular formula is C21H41NaO3. The predicted molar refractivity (Wildman–Crippen MR) is 100.0 cm³/mol. The van der Waals surface area contributed by atoms with Crippen molar-refractivity contribution in [1.82, 2.24) is 0 Å². The summed E-state index contributed by atoms with van der Waals surface area (Å²) in [6.07, 6.45) is 20.0. The van der Waals surface area contributed by atoms with Crippen LogP contribution in [0.2, 0.25) is 0 Å². The number of hydrogen-bond acceptors (Lipinski definition) is 3. The normalized spacial score (nSPS) is 11.8. The van der Waals surface area contributed by atoms with E-state index in [9.17, 15) is 9.90 Å². The Labute approximate surface area is 179 Å². The minimum atomic E-state index is -1.24. The molecule has 0 aromatic rings. The van der Waals surface area contributed by atoms with Crippen LogP contribution in [-0.2, 0) is 9.53 Å². The van der Waals surface area contributed by atoms with E-state index < -0.39 is 12.1 Å². The van der Waals surface area contributed by atoms with Gasteiger partial charge in [0, 0.05) is 0 Å². The van der Waals surface area contributed by atoms with Crippen LogP contribution in [0.15, 0.2) is 0 Å². The molecule has 0 aliphatic carbocycles. The molecule has 25 heavy (non-hydrogen) atoms. The Morgan fingerprint density at radius 3 is 1.36 bits per heavy atom. The molecule has 0 rings (SSSR count). The third-order valence-corrected chi connectivity index (χ3v) is 4.57. The number of unbranched alkanes of at least 4 members (excludes halogenated alkanes) is 15. The first-order valence-corrected chi connectivity index (χ1v) is 10.5. The maximum absolute atomic E-state index is 11.0. The van der Waals surface area contributed by atoms with Gasteiger partial charge in [-0.25, -0.2) is 0 Å². The summed E-state index contributed by atoms with van der Waals surface area (Å²) in [6.45, 7) is 4.01. The fourth-order valence-electron chi connectivity index (χ4n) is 2.94. The summed E-state index contributed by atoms with van der Waals surface area (Å²) < 4.78 is 4.87. The van der Waals surface area contributed by atoms with Crippen LogP contribution < -0.4 is 34.7 Å². The summed E-state index contributed by atoms with van der Waals surface area (Å²) in [5.41, 5.74) is 0. The van der Waals surface area contributed by atoms with E-state index in [2.05, 4.69) is 6.92 Å². The van der Waals surface area contributed by atoms with Crippen molar-refractivity contribution in [3.8, 4) is 0 Å². The molecule has 0 N–H and O–H groups in total. The number of hydrogen-bond donors (Lipinski definition) is 0. The van der Waals surface area contributed by atoms with Crippen LogP contribution in [0.4, 0.5) is 0 Å². The van der Waals surface area contributed by atoms with Crippen LogP contribution in [0, 0.1) is 0 Å². The predicted octanol–water partition coefficient (Wildman–Crippen LogP) is 2.54. The van der Waals surface area contributed by atoms with Gasteiger partial charge in [-0.2, -0.15) is 0 Å². The molecule has 0 radical (unpaired) electrons. The summed E-state index contributed by atoms with van der Waals surface area (Å²) in [7, 11) is 0. The van der Waals surface area contributed by atoms with Crippen molar-refractivity contribution in [3.63, 3.8) is 0 Å². The summed E-state index contributed by atoms with van der Waals surface area (Å²) >= 11 is 0. The summed E-state index contributed by atoms with van der Waals surface area (Å²) in [6, 6.07) is 0. The van der Waals surface area contributed by atoms with Crippen LogP contribution in [0.5, 0.6) is 0 Å². The molecule has 0 aromatic carbocycles.